The van der Waals surface area contributed by atoms with Crippen LogP contribution in [0.5, 0.6) is 0 Å². The molecular weight excluding hydrogens is 256 g/mol. The van der Waals surface area contributed by atoms with Crippen LogP contribution in [-0.2, 0) is 23.8 Å². The molecule has 0 saturated heterocycles. The normalized spacial score (nSPS) is 10.2. The van der Waals surface area contributed by atoms with Gasteiger partial charge in [-0.05, 0) is 12.8 Å². The summed E-state index contributed by atoms with van der Waals surface area (Å²) in [4.78, 5) is 22.2. The van der Waals surface area contributed by atoms with Crippen molar-refractivity contribution in [3.05, 3.63) is 0 Å². The van der Waals surface area contributed by atoms with Gasteiger partial charge in [-0.1, -0.05) is 0 Å². The lowest BCUT2D eigenvalue weighted by Crippen LogP contribution is -2.13. The molecule has 7 nitrogen and oxygen atoms in total. The summed E-state index contributed by atoms with van der Waals surface area (Å²) in [5.74, 6) is -0.751. The van der Waals surface area contributed by atoms with Crippen molar-refractivity contribution in [1.29, 1.82) is 0 Å². The number of esters is 2. The van der Waals surface area contributed by atoms with Gasteiger partial charge in [0.25, 0.3) is 0 Å². The molecule has 0 bridgehead atoms. The zero-order chi connectivity index (χ0) is 14.3. The summed E-state index contributed by atoms with van der Waals surface area (Å²) in [5, 5.41) is 16.9. The number of ether oxygens (including phenoxy) is 3. The van der Waals surface area contributed by atoms with Crippen LogP contribution in [0.15, 0.2) is 0 Å². The van der Waals surface area contributed by atoms with E-state index in [0.29, 0.717) is 12.8 Å². The van der Waals surface area contributed by atoms with Crippen molar-refractivity contribution < 1.29 is 34.0 Å². The highest BCUT2D eigenvalue weighted by Crippen LogP contribution is 1.97. The van der Waals surface area contributed by atoms with Gasteiger partial charge in [0.1, 0.15) is 6.61 Å². The molecule has 0 atom stereocenters. The third-order valence-corrected chi connectivity index (χ3v) is 2.05. The van der Waals surface area contributed by atoms with Crippen LogP contribution in [0.1, 0.15) is 25.7 Å². The fourth-order valence-corrected chi connectivity index (χ4v) is 1.15. The van der Waals surface area contributed by atoms with Crippen molar-refractivity contribution in [1.82, 2.24) is 0 Å². The number of aliphatic hydroxyl groups is 2. The number of hydrogen-bond donors (Lipinski definition) is 2. The van der Waals surface area contributed by atoms with Crippen molar-refractivity contribution in [3.8, 4) is 0 Å². The van der Waals surface area contributed by atoms with Crippen LogP contribution in [0, 0.1) is 0 Å². The average Bonchev–Trinajstić information content (AvgIpc) is 2.41. The van der Waals surface area contributed by atoms with E-state index in [9.17, 15) is 9.59 Å². The quantitative estimate of drug-likeness (QED) is 0.371. The molecule has 19 heavy (non-hydrogen) atoms. The van der Waals surface area contributed by atoms with Crippen LogP contribution in [-0.4, -0.2) is 61.8 Å². The van der Waals surface area contributed by atoms with E-state index in [1.54, 1.807) is 0 Å². The molecule has 0 aromatic heterocycles. The van der Waals surface area contributed by atoms with Crippen molar-refractivity contribution in [2.75, 3.05) is 39.6 Å². The van der Waals surface area contributed by atoms with Crippen LogP contribution in [0.4, 0.5) is 0 Å². The number of hydrogen-bond acceptors (Lipinski definition) is 7. The summed E-state index contributed by atoms with van der Waals surface area (Å²) in [5.41, 5.74) is 0. The monoisotopic (exact) mass is 278 g/mol. The predicted octanol–water partition coefficient (Wildman–Crippen LogP) is -0.366. The number of carbonyl (C=O) groups is 2. The Labute approximate surface area is 112 Å². The van der Waals surface area contributed by atoms with Crippen LogP contribution in [0.25, 0.3) is 0 Å². The van der Waals surface area contributed by atoms with Gasteiger partial charge in [-0.2, -0.15) is 0 Å². The maximum Gasteiger partial charge on any atom is 0.305 e. The smallest absolute Gasteiger partial charge is 0.305 e. The van der Waals surface area contributed by atoms with Crippen LogP contribution in [0.3, 0.4) is 0 Å². The van der Waals surface area contributed by atoms with Gasteiger partial charge >= 0.3 is 11.9 Å². The molecule has 0 aliphatic rings. The SMILES string of the molecule is O=C(CCCO)OCCCC(=O)OCCOCCO. The molecule has 0 aromatic rings. The van der Waals surface area contributed by atoms with Gasteiger partial charge in [-0.25, -0.2) is 0 Å². The van der Waals surface area contributed by atoms with Gasteiger partial charge < -0.3 is 24.4 Å². The van der Waals surface area contributed by atoms with E-state index in [1.807, 2.05) is 0 Å². The molecule has 0 aliphatic heterocycles. The highest BCUT2D eigenvalue weighted by Gasteiger charge is 2.05. The first-order valence-electron chi connectivity index (χ1n) is 6.31. The molecule has 0 radical (unpaired) electrons. The molecule has 0 aliphatic carbocycles. The first kappa shape index (κ1) is 17.8. The second-order valence-electron chi connectivity index (χ2n) is 3.71. The van der Waals surface area contributed by atoms with Gasteiger partial charge in [-0.3, -0.25) is 9.59 Å². The Morgan fingerprint density at radius 3 is 2.00 bits per heavy atom. The van der Waals surface area contributed by atoms with Crippen LogP contribution < -0.4 is 0 Å². The molecule has 2 N–H and O–H groups in total. The summed E-state index contributed by atoms with van der Waals surface area (Å²) in [7, 11) is 0. The average molecular weight is 278 g/mol. The Balaban J connectivity index is 3.31. The van der Waals surface area contributed by atoms with Crippen molar-refractivity contribution in [2.45, 2.75) is 25.7 Å². The molecule has 0 aromatic carbocycles. The second kappa shape index (κ2) is 13.3. The summed E-state index contributed by atoms with van der Waals surface area (Å²) in [6.07, 6.45) is 1.15. The minimum atomic E-state index is -0.376. The van der Waals surface area contributed by atoms with E-state index in [2.05, 4.69) is 0 Å². The summed E-state index contributed by atoms with van der Waals surface area (Å²) in [6.45, 7) is 0.689. The summed E-state index contributed by atoms with van der Waals surface area (Å²) in [6, 6.07) is 0. The second-order valence-corrected chi connectivity index (χ2v) is 3.71. The lowest BCUT2D eigenvalue weighted by atomic mass is 10.3. The highest BCUT2D eigenvalue weighted by molar-refractivity contribution is 5.70. The standard InChI is InChI=1S/C12H22O7/c13-5-1-3-11(15)18-7-2-4-12(16)19-10-9-17-8-6-14/h13-14H,1-10H2. The summed E-state index contributed by atoms with van der Waals surface area (Å²) < 4.78 is 14.6. The third kappa shape index (κ3) is 13.1. The maximum atomic E-state index is 11.2. The molecule has 0 unspecified atom stereocenters. The van der Waals surface area contributed by atoms with Crippen LogP contribution >= 0.6 is 0 Å². The van der Waals surface area contributed by atoms with Crippen molar-refractivity contribution >= 4 is 11.9 Å². The molecule has 7 heteroatoms. The van der Waals surface area contributed by atoms with Gasteiger partial charge in [0.05, 0.1) is 26.4 Å². The van der Waals surface area contributed by atoms with Gasteiger partial charge in [0.2, 0.25) is 0 Å². The molecule has 0 fully saturated rings. The molecular formula is C12H22O7. The number of carbonyl (C=O) groups excluding carboxylic acids is 2. The van der Waals surface area contributed by atoms with Gasteiger partial charge in [0.15, 0.2) is 0 Å². The Morgan fingerprint density at radius 1 is 0.737 bits per heavy atom. The molecule has 112 valence electrons. The third-order valence-electron chi connectivity index (χ3n) is 2.05. The van der Waals surface area contributed by atoms with E-state index in [1.165, 1.54) is 0 Å². The fraction of sp³-hybridized carbons (Fsp3) is 0.833. The zero-order valence-corrected chi connectivity index (χ0v) is 11.0. The van der Waals surface area contributed by atoms with E-state index >= 15 is 0 Å². The summed E-state index contributed by atoms with van der Waals surface area (Å²) >= 11 is 0. The minimum absolute atomic E-state index is 0.0419. The minimum Gasteiger partial charge on any atom is -0.466 e. The largest absolute Gasteiger partial charge is 0.466 e. The first-order valence-corrected chi connectivity index (χ1v) is 6.31. The first-order chi connectivity index (χ1) is 9.20. The Bertz CT molecular complexity index is 242. The zero-order valence-electron chi connectivity index (χ0n) is 11.0. The number of aliphatic hydroxyl groups excluding tert-OH is 2. The lowest BCUT2D eigenvalue weighted by molar-refractivity contribution is -0.148. The molecule has 0 saturated carbocycles. The molecule has 0 rings (SSSR count). The van der Waals surface area contributed by atoms with Gasteiger partial charge in [0, 0.05) is 19.4 Å². The van der Waals surface area contributed by atoms with E-state index < -0.39 is 0 Å². The number of rotatable bonds is 12. The highest BCUT2D eigenvalue weighted by atomic mass is 16.6. The van der Waals surface area contributed by atoms with Crippen LogP contribution in [0.2, 0.25) is 0 Å². The molecule has 0 spiro atoms. The fourth-order valence-electron chi connectivity index (χ4n) is 1.15. The van der Waals surface area contributed by atoms with E-state index in [4.69, 9.17) is 24.4 Å². The van der Waals surface area contributed by atoms with E-state index in [0.717, 1.165) is 0 Å². The van der Waals surface area contributed by atoms with Gasteiger partial charge in [-0.15, -0.1) is 0 Å². The maximum absolute atomic E-state index is 11.2. The molecule has 0 amide bonds. The molecule has 0 heterocycles. The van der Waals surface area contributed by atoms with Crippen molar-refractivity contribution in [3.63, 3.8) is 0 Å². The van der Waals surface area contributed by atoms with Crippen molar-refractivity contribution in [2.24, 2.45) is 0 Å². The van der Waals surface area contributed by atoms with E-state index in [-0.39, 0.29) is 64.4 Å². The Kier molecular flexibility index (Phi) is 12.4. The lowest BCUT2D eigenvalue weighted by Gasteiger charge is -2.06. The Hall–Kier alpha value is -1.18. The predicted molar refractivity (Wildman–Crippen MR) is 65.4 cm³/mol. The Morgan fingerprint density at radius 2 is 1.37 bits per heavy atom. The topological polar surface area (TPSA) is 102 Å².